The van der Waals surface area contributed by atoms with Crippen molar-refractivity contribution in [3.05, 3.63) is 101 Å². The standard InChI is InChI=1S/C28H33N5O/c34-28(24-12-15-29-16-13-24)31-30-14-5-17-32-18-20-33(21-19-32)27-25-8-3-1-6-22(25)10-11-23-7-2-4-9-26(23)27/h1-4,6-9,12-13,15-16,27,30H,5,10-11,14,17-21H2,(H,31,34). The van der Waals surface area contributed by atoms with Gasteiger partial charge in [0.1, 0.15) is 0 Å². The number of aryl methyl sites for hydroxylation is 2. The highest BCUT2D eigenvalue weighted by atomic mass is 16.2. The summed E-state index contributed by atoms with van der Waals surface area (Å²) in [5.41, 5.74) is 12.4. The lowest BCUT2D eigenvalue weighted by atomic mass is 9.92. The summed E-state index contributed by atoms with van der Waals surface area (Å²) in [6, 6.07) is 21.8. The molecule has 0 atom stereocenters. The third-order valence-corrected chi connectivity index (χ3v) is 7.06. The van der Waals surface area contributed by atoms with Crippen molar-refractivity contribution in [2.45, 2.75) is 25.3 Å². The van der Waals surface area contributed by atoms with Crippen molar-refractivity contribution in [3.63, 3.8) is 0 Å². The first kappa shape index (κ1) is 22.7. The monoisotopic (exact) mass is 455 g/mol. The van der Waals surface area contributed by atoms with Crippen LogP contribution >= 0.6 is 0 Å². The maximum absolute atomic E-state index is 12.1. The summed E-state index contributed by atoms with van der Waals surface area (Å²) >= 11 is 0. The summed E-state index contributed by atoms with van der Waals surface area (Å²) in [5, 5.41) is 0. The van der Waals surface area contributed by atoms with Crippen molar-refractivity contribution in [1.82, 2.24) is 25.6 Å². The van der Waals surface area contributed by atoms with Gasteiger partial charge in [-0.15, -0.1) is 0 Å². The topological polar surface area (TPSA) is 60.5 Å². The Bertz CT molecular complexity index is 1050. The fraction of sp³-hybridized carbons (Fsp3) is 0.357. The predicted molar refractivity (Wildman–Crippen MR) is 134 cm³/mol. The summed E-state index contributed by atoms with van der Waals surface area (Å²) in [6.45, 7) is 6.07. The molecular formula is C28H33N5O. The summed E-state index contributed by atoms with van der Waals surface area (Å²) < 4.78 is 0. The number of hydrogen-bond donors (Lipinski definition) is 2. The van der Waals surface area contributed by atoms with E-state index >= 15 is 0 Å². The van der Waals surface area contributed by atoms with Crippen LogP contribution in [0.1, 0.15) is 45.1 Å². The van der Waals surface area contributed by atoms with Crippen molar-refractivity contribution >= 4 is 5.91 Å². The maximum atomic E-state index is 12.1. The number of aromatic nitrogens is 1. The number of carbonyl (C=O) groups excluding carboxylic acids is 1. The highest BCUT2D eigenvalue weighted by Gasteiger charge is 2.30. The molecule has 0 radical (unpaired) electrons. The molecular weight excluding hydrogens is 422 g/mol. The third kappa shape index (κ3) is 5.20. The number of rotatable bonds is 7. The predicted octanol–water partition coefficient (Wildman–Crippen LogP) is 3.21. The van der Waals surface area contributed by atoms with Gasteiger partial charge >= 0.3 is 0 Å². The summed E-state index contributed by atoms with van der Waals surface area (Å²) in [7, 11) is 0. The highest BCUT2D eigenvalue weighted by Crippen LogP contribution is 2.37. The number of amides is 1. The van der Waals surface area contributed by atoms with E-state index < -0.39 is 0 Å². The zero-order chi connectivity index (χ0) is 23.2. The summed E-state index contributed by atoms with van der Waals surface area (Å²) in [4.78, 5) is 21.2. The molecule has 3 aromatic rings. The Kier molecular flexibility index (Phi) is 7.29. The van der Waals surface area contributed by atoms with Crippen LogP contribution in [-0.4, -0.2) is 60.0 Å². The van der Waals surface area contributed by atoms with Crippen LogP contribution in [0.3, 0.4) is 0 Å². The fourth-order valence-electron chi connectivity index (χ4n) is 5.24. The van der Waals surface area contributed by atoms with Crippen molar-refractivity contribution in [2.75, 3.05) is 39.3 Å². The average Bonchev–Trinajstić information content (AvgIpc) is 3.06. The summed E-state index contributed by atoms with van der Waals surface area (Å²) in [6.07, 6.45) is 6.48. The van der Waals surface area contributed by atoms with E-state index in [1.807, 2.05) is 0 Å². The Morgan fingerprint density at radius 3 is 2.12 bits per heavy atom. The molecule has 1 aromatic heterocycles. The maximum Gasteiger partial charge on any atom is 0.265 e. The van der Waals surface area contributed by atoms with E-state index in [1.54, 1.807) is 24.5 Å². The van der Waals surface area contributed by atoms with Crippen LogP contribution in [0.2, 0.25) is 0 Å². The highest BCUT2D eigenvalue weighted by molar-refractivity contribution is 5.93. The van der Waals surface area contributed by atoms with Gasteiger partial charge in [0.25, 0.3) is 5.91 Å². The third-order valence-electron chi connectivity index (χ3n) is 7.06. The Morgan fingerprint density at radius 1 is 0.853 bits per heavy atom. The number of hydrazine groups is 1. The second-order valence-corrected chi connectivity index (χ2v) is 9.15. The lowest BCUT2D eigenvalue weighted by Gasteiger charge is -2.40. The minimum Gasteiger partial charge on any atom is -0.301 e. The molecule has 0 spiro atoms. The molecule has 1 saturated heterocycles. The molecule has 6 nitrogen and oxygen atoms in total. The molecule has 2 aliphatic rings. The largest absolute Gasteiger partial charge is 0.301 e. The van der Waals surface area contributed by atoms with Crippen LogP contribution in [0, 0.1) is 0 Å². The van der Waals surface area contributed by atoms with Gasteiger partial charge in [-0.25, -0.2) is 5.43 Å². The van der Waals surface area contributed by atoms with Crippen molar-refractivity contribution < 1.29 is 4.79 Å². The summed E-state index contributed by atoms with van der Waals surface area (Å²) in [5.74, 6) is -0.125. The van der Waals surface area contributed by atoms with E-state index in [9.17, 15) is 4.79 Å². The van der Waals surface area contributed by atoms with Crippen LogP contribution in [0.15, 0.2) is 73.1 Å². The van der Waals surface area contributed by atoms with Crippen LogP contribution in [-0.2, 0) is 12.8 Å². The van der Waals surface area contributed by atoms with Gasteiger partial charge in [-0.3, -0.25) is 20.1 Å². The number of carbonyl (C=O) groups is 1. The molecule has 1 amide bonds. The van der Waals surface area contributed by atoms with Crippen LogP contribution < -0.4 is 10.9 Å². The zero-order valence-corrected chi connectivity index (χ0v) is 19.6. The van der Waals surface area contributed by atoms with Crippen molar-refractivity contribution in [1.29, 1.82) is 0 Å². The van der Waals surface area contributed by atoms with Gasteiger partial charge in [0.15, 0.2) is 0 Å². The number of nitrogens with one attached hydrogen (secondary N) is 2. The number of piperazine rings is 1. The van der Waals surface area contributed by atoms with E-state index in [0.717, 1.165) is 58.5 Å². The molecule has 0 saturated carbocycles. The van der Waals surface area contributed by atoms with Crippen molar-refractivity contribution in [2.24, 2.45) is 0 Å². The Labute approximate surface area is 202 Å². The number of fused-ring (bicyclic) bond motifs is 2. The van der Waals surface area contributed by atoms with Gasteiger partial charge in [0.2, 0.25) is 0 Å². The first-order valence-corrected chi connectivity index (χ1v) is 12.3. The number of hydrogen-bond acceptors (Lipinski definition) is 5. The molecule has 1 aliphatic carbocycles. The Balaban J connectivity index is 1.13. The molecule has 5 rings (SSSR count). The van der Waals surface area contributed by atoms with E-state index in [-0.39, 0.29) is 5.91 Å². The molecule has 1 fully saturated rings. The fourth-order valence-corrected chi connectivity index (χ4v) is 5.24. The van der Waals surface area contributed by atoms with Gasteiger partial charge in [-0.05, 0) is 60.2 Å². The Hall–Kier alpha value is -3.06. The first-order chi connectivity index (χ1) is 16.8. The van der Waals surface area contributed by atoms with Gasteiger partial charge in [0.05, 0.1) is 6.04 Å². The van der Waals surface area contributed by atoms with Crippen LogP contribution in [0.25, 0.3) is 0 Å². The van der Waals surface area contributed by atoms with E-state index in [4.69, 9.17) is 0 Å². The average molecular weight is 456 g/mol. The first-order valence-electron chi connectivity index (χ1n) is 12.3. The quantitative estimate of drug-likeness (QED) is 0.423. The van der Waals surface area contributed by atoms with Crippen LogP contribution in [0.5, 0.6) is 0 Å². The molecule has 1 aliphatic heterocycles. The zero-order valence-electron chi connectivity index (χ0n) is 19.6. The van der Waals surface area contributed by atoms with E-state index in [2.05, 4.69) is 74.2 Å². The van der Waals surface area contributed by atoms with Crippen molar-refractivity contribution in [3.8, 4) is 0 Å². The van der Waals surface area contributed by atoms with Gasteiger partial charge < -0.3 is 4.90 Å². The molecule has 2 heterocycles. The molecule has 0 bridgehead atoms. The molecule has 2 N–H and O–H groups in total. The molecule has 0 unspecified atom stereocenters. The van der Waals surface area contributed by atoms with E-state index in [0.29, 0.717) is 11.6 Å². The number of pyridine rings is 1. The SMILES string of the molecule is O=C(NNCCCN1CCN(C2c3ccccc3CCc3ccccc32)CC1)c1ccncc1. The molecule has 34 heavy (non-hydrogen) atoms. The smallest absolute Gasteiger partial charge is 0.265 e. The van der Waals surface area contributed by atoms with Crippen LogP contribution in [0.4, 0.5) is 0 Å². The Morgan fingerprint density at radius 2 is 1.47 bits per heavy atom. The normalized spacial score (nSPS) is 16.9. The molecule has 6 heteroatoms. The molecule has 176 valence electrons. The van der Waals surface area contributed by atoms with E-state index in [1.165, 1.54) is 22.3 Å². The van der Waals surface area contributed by atoms with Gasteiger partial charge in [-0.2, -0.15) is 0 Å². The number of nitrogens with zero attached hydrogens (tertiary/aromatic N) is 3. The van der Waals surface area contributed by atoms with Gasteiger partial charge in [0, 0.05) is 50.7 Å². The second kappa shape index (κ2) is 10.9. The lowest BCUT2D eigenvalue weighted by Crippen LogP contribution is -2.48. The number of benzene rings is 2. The lowest BCUT2D eigenvalue weighted by molar-refractivity contribution is 0.0927. The second-order valence-electron chi connectivity index (χ2n) is 9.15. The molecule has 2 aromatic carbocycles. The van der Waals surface area contributed by atoms with Gasteiger partial charge in [-0.1, -0.05) is 48.5 Å². The minimum absolute atomic E-state index is 0.125. The minimum atomic E-state index is -0.125.